The third-order valence-electron chi connectivity index (χ3n) is 2.74. The summed E-state index contributed by atoms with van der Waals surface area (Å²) < 4.78 is 13.2. The minimum atomic E-state index is -1.29. The van der Waals surface area contributed by atoms with E-state index in [1.807, 2.05) is 0 Å². The van der Waals surface area contributed by atoms with E-state index >= 15 is 0 Å². The van der Waals surface area contributed by atoms with Crippen LogP contribution in [-0.4, -0.2) is 17.0 Å². The number of amides is 1. The molecule has 1 amide bonds. The molecule has 0 bridgehead atoms. The van der Waals surface area contributed by atoms with Crippen LogP contribution in [-0.2, 0) is 0 Å². The highest BCUT2D eigenvalue weighted by Crippen LogP contribution is 2.25. The topological polar surface area (TPSA) is 92.4 Å². The van der Waals surface area contributed by atoms with Crippen molar-refractivity contribution in [3.8, 4) is 0 Å². The number of anilines is 2. The van der Waals surface area contributed by atoms with Crippen LogP contribution >= 0.6 is 11.6 Å². The van der Waals surface area contributed by atoms with E-state index in [0.717, 1.165) is 12.1 Å². The van der Waals surface area contributed by atoms with Gasteiger partial charge in [0.25, 0.3) is 5.91 Å². The number of carboxylic acids is 1. The maximum Gasteiger partial charge on any atom is 0.339 e. The molecule has 0 aliphatic carbocycles. The van der Waals surface area contributed by atoms with Crippen LogP contribution in [0.3, 0.4) is 0 Å². The van der Waals surface area contributed by atoms with E-state index in [4.69, 9.17) is 22.4 Å². The lowest BCUT2D eigenvalue weighted by Gasteiger charge is -2.11. The molecule has 0 saturated carbocycles. The van der Waals surface area contributed by atoms with Gasteiger partial charge in [-0.25, -0.2) is 9.18 Å². The van der Waals surface area contributed by atoms with Gasteiger partial charge in [0.05, 0.1) is 16.3 Å². The Kier molecular flexibility index (Phi) is 4.09. The molecule has 0 unspecified atom stereocenters. The van der Waals surface area contributed by atoms with Gasteiger partial charge in [-0.3, -0.25) is 4.79 Å². The van der Waals surface area contributed by atoms with Gasteiger partial charge in [0, 0.05) is 5.69 Å². The van der Waals surface area contributed by atoms with Crippen LogP contribution in [0.4, 0.5) is 15.8 Å². The largest absolute Gasteiger partial charge is 0.478 e. The first-order chi connectivity index (χ1) is 9.90. The Bertz CT molecular complexity index is 734. The lowest BCUT2D eigenvalue weighted by molar-refractivity contribution is 0.0698. The van der Waals surface area contributed by atoms with Crippen molar-refractivity contribution < 1.29 is 19.1 Å². The van der Waals surface area contributed by atoms with E-state index in [0.29, 0.717) is 0 Å². The number of rotatable bonds is 3. The maximum atomic E-state index is 13.2. The Morgan fingerprint density at radius 1 is 1.24 bits per heavy atom. The van der Waals surface area contributed by atoms with E-state index in [1.54, 1.807) is 0 Å². The number of carboxylic acid groups (broad SMARTS) is 1. The van der Waals surface area contributed by atoms with Gasteiger partial charge in [-0.2, -0.15) is 0 Å². The Hall–Kier alpha value is -2.60. The van der Waals surface area contributed by atoms with Crippen molar-refractivity contribution in [2.75, 3.05) is 11.1 Å². The average molecular weight is 309 g/mol. The van der Waals surface area contributed by atoms with Crippen molar-refractivity contribution in [3.05, 3.63) is 58.4 Å². The lowest BCUT2D eigenvalue weighted by Crippen LogP contribution is -2.16. The van der Waals surface area contributed by atoms with Gasteiger partial charge in [0.2, 0.25) is 0 Å². The van der Waals surface area contributed by atoms with Crippen LogP contribution < -0.4 is 11.1 Å². The molecule has 2 aromatic carbocycles. The minimum Gasteiger partial charge on any atom is -0.478 e. The van der Waals surface area contributed by atoms with Gasteiger partial charge in [-0.15, -0.1) is 0 Å². The number of nitrogens with one attached hydrogen (secondary N) is 1. The SMILES string of the molecule is Nc1ccc(F)cc1C(=O)Nc1cccc(Cl)c1C(=O)O. The Morgan fingerprint density at radius 3 is 2.62 bits per heavy atom. The van der Waals surface area contributed by atoms with Crippen LogP contribution in [0.1, 0.15) is 20.7 Å². The summed E-state index contributed by atoms with van der Waals surface area (Å²) in [5.74, 6) is -2.64. The average Bonchev–Trinajstić information content (AvgIpc) is 2.41. The number of hydrogen-bond acceptors (Lipinski definition) is 3. The molecule has 7 heteroatoms. The first kappa shape index (κ1) is 14.8. The quantitative estimate of drug-likeness (QED) is 0.760. The minimum absolute atomic E-state index is 0.00339. The molecule has 0 aromatic heterocycles. The van der Waals surface area contributed by atoms with Crippen molar-refractivity contribution in [2.45, 2.75) is 0 Å². The number of carbonyl (C=O) groups excluding carboxylic acids is 1. The summed E-state index contributed by atoms with van der Waals surface area (Å²) in [6.45, 7) is 0. The predicted molar refractivity (Wildman–Crippen MR) is 77.2 cm³/mol. The zero-order valence-corrected chi connectivity index (χ0v) is 11.3. The molecule has 0 heterocycles. The third kappa shape index (κ3) is 3.11. The molecule has 21 heavy (non-hydrogen) atoms. The standard InChI is InChI=1S/C14H10ClFN2O3/c15-9-2-1-3-11(12(9)14(20)21)18-13(19)8-6-7(16)4-5-10(8)17/h1-6H,17H2,(H,18,19)(H,20,21). The maximum absolute atomic E-state index is 13.2. The first-order valence-corrected chi connectivity index (χ1v) is 6.16. The van der Waals surface area contributed by atoms with Crippen LogP contribution in [0.15, 0.2) is 36.4 Å². The Balaban J connectivity index is 2.39. The highest BCUT2D eigenvalue weighted by Gasteiger charge is 2.18. The molecule has 0 radical (unpaired) electrons. The number of aromatic carboxylic acids is 1. The smallest absolute Gasteiger partial charge is 0.339 e. The second-order valence-corrected chi connectivity index (χ2v) is 4.56. The van der Waals surface area contributed by atoms with Crippen molar-refractivity contribution >= 4 is 34.9 Å². The Morgan fingerprint density at radius 2 is 1.95 bits per heavy atom. The zero-order chi connectivity index (χ0) is 15.6. The monoisotopic (exact) mass is 308 g/mol. The fraction of sp³-hybridized carbons (Fsp3) is 0. The zero-order valence-electron chi connectivity index (χ0n) is 10.6. The van der Waals surface area contributed by atoms with Crippen molar-refractivity contribution in [1.29, 1.82) is 0 Å². The molecule has 0 aliphatic heterocycles. The molecular formula is C14H10ClFN2O3. The molecule has 2 rings (SSSR count). The molecule has 108 valence electrons. The summed E-state index contributed by atoms with van der Waals surface area (Å²) in [7, 11) is 0. The summed E-state index contributed by atoms with van der Waals surface area (Å²) in [4.78, 5) is 23.2. The second-order valence-electron chi connectivity index (χ2n) is 4.15. The number of hydrogen-bond donors (Lipinski definition) is 3. The van der Waals surface area contributed by atoms with Gasteiger partial charge >= 0.3 is 5.97 Å². The van der Waals surface area contributed by atoms with Crippen LogP contribution in [0.25, 0.3) is 0 Å². The number of nitrogen functional groups attached to an aromatic ring is 1. The fourth-order valence-corrected chi connectivity index (χ4v) is 2.02. The van der Waals surface area contributed by atoms with Gasteiger partial charge < -0.3 is 16.2 Å². The van der Waals surface area contributed by atoms with E-state index < -0.39 is 17.7 Å². The van der Waals surface area contributed by atoms with E-state index in [-0.39, 0.29) is 27.5 Å². The van der Waals surface area contributed by atoms with Crippen LogP contribution in [0.2, 0.25) is 5.02 Å². The molecular weight excluding hydrogens is 299 g/mol. The summed E-state index contributed by atoms with van der Waals surface area (Å²) in [5, 5.41) is 11.5. The molecule has 2 aromatic rings. The van der Waals surface area contributed by atoms with Crippen molar-refractivity contribution in [2.24, 2.45) is 0 Å². The number of benzene rings is 2. The summed E-state index contributed by atoms with van der Waals surface area (Å²) >= 11 is 5.79. The predicted octanol–water partition coefficient (Wildman–Crippen LogP) is 3.01. The first-order valence-electron chi connectivity index (χ1n) is 5.78. The molecule has 0 atom stereocenters. The fourth-order valence-electron chi connectivity index (χ4n) is 1.76. The van der Waals surface area contributed by atoms with Crippen molar-refractivity contribution in [3.63, 3.8) is 0 Å². The molecule has 0 aliphatic rings. The highest BCUT2D eigenvalue weighted by atomic mass is 35.5. The summed E-state index contributed by atoms with van der Waals surface area (Å²) in [6.07, 6.45) is 0. The number of carbonyl (C=O) groups is 2. The highest BCUT2D eigenvalue weighted by molar-refractivity contribution is 6.34. The van der Waals surface area contributed by atoms with Gasteiger partial charge in [-0.05, 0) is 30.3 Å². The summed E-state index contributed by atoms with van der Waals surface area (Å²) in [6, 6.07) is 7.59. The van der Waals surface area contributed by atoms with Gasteiger partial charge in [-0.1, -0.05) is 17.7 Å². The molecule has 0 fully saturated rings. The van der Waals surface area contributed by atoms with E-state index in [1.165, 1.54) is 24.3 Å². The lowest BCUT2D eigenvalue weighted by atomic mass is 10.1. The molecule has 5 nitrogen and oxygen atoms in total. The summed E-state index contributed by atoms with van der Waals surface area (Å²) in [5.41, 5.74) is 5.34. The molecule has 0 saturated heterocycles. The third-order valence-corrected chi connectivity index (χ3v) is 3.05. The normalized spacial score (nSPS) is 10.2. The second kappa shape index (κ2) is 5.80. The van der Waals surface area contributed by atoms with E-state index in [2.05, 4.69) is 5.32 Å². The van der Waals surface area contributed by atoms with Gasteiger partial charge in [0.1, 0.15) is 11.4 Å². The molecule has 0 spiro atoms. The number of nitrogens with two attached hydrogens (primary N) is 1. The van der Waals surface area contributed by atoms with Crippen LogP contribution in [0, 0.1) is 5.82 Å². The Labute approximate surface area is 124 Å². The van der Waals surface area contributed by atoms with Crippen molar-refractivity contribution in [1.82, 2.24) is 0 Å². The number of halogens is 2. The van der Waals surface area contributed by atoms with E-state index in [9.17, 15) is 14.0 Å². The van der Waals surface area contributed by atoms with Gasteiger partial charge in [0.15, 0.2) is 0 Å². The van der Waals surface area contributed by atoms with Crippen LogP contribution in [0.5, 0.6) is 0 Å². The molecule has 4 N–H and O–H groups in total.